The molecule has 0 aliphatic rings. The van der Waals surface area contributed by atoms with E-state index in [1.165, 1.54) is 0 Å². The lowest BCUT2D eigenvalue weighted by atomic mass is 10.1. The molecule has 4 nitrogen and oxygen atoms in total. The van der Waals surface area contributed by atoms with Gasteiger partial charge in [-0.3, -0.25) is 4.68 Å². The molecule has 0 aliphatic carbocycles. The van der Waals surface area contributed by atoms with Crippen molar-refractivity contribution < 1.29 is 4.42 Å². The van der Waals surface area contributed by atoms with E-state index in [4.69, 9.17) is 16.0 Å². The standard InChI is InChI=1S/C15H16ClN3OS/c1-9-14(10(2)19(3)18-9)17-15(11-5-4-8-20-11)12-6-7-13(16)21-12/h4-8,15,17H,1-3H3. The molecule has 110 valence electrons. The van der Waals surface area contributed by atoms with Gasteiger partial charge in [0.2, 0.25) is 0 Å². The highest BCUT2D eigenvalue weighted by atomic mass is 35.5. The molecule has 0 spiro atoms. The summed E-state index contributed by atoms with van der Waals surface area (Å²) >= 11 is 7.63. The number of halogens is 1. The minimum absolute atomic E-state index is 0.0703. The zero-order valence-electron chi connectivity index (χ0n) is 12.1. The number of thiophene rings is 1. The molecule has 0 saturated heterocycles. The highest BCUT2D eigenvalue weighted by Crippen LogP contribution is 2.35. The second kappa shape index (κ2) is 5.58. The number of hydrogen-bond acceptors (Lipinski definition) is 4. The van der Waals surface area contributed by atoms with Gasteiger partial charge < -0.3 is 9.73 Å². The van der Waals surface area contributed by atoms with E-state index in [-0.39, 0.29) is 6.04 Å². The van der Waals surface area contributed by atoms with Crippen molar-refractivity contribution in [3.63, 3.8) is 0 Å². The molecule has 3 aromatic rings. The first-order valence-electron chi connectivity index (χ1n) is 6.61. The van der Waals surface area contributed by atoms with Crippen LogP contribution in [0.4, 0.5) is 5.69 Å². The first-order valence-corrected chi connectivity index (χ1v) is 7.81. The van der Waals surface area contributed by atoms with Crippen molar-refractivity contribution in [2.45, 2.75) is 19.9 Å². The average Bonchev–Trinajstić information content (AvgIpc) is 3.14. The highest BCUT2D eigenvalue weighted by molar-refractivity contribution is 7.16. The zero-order chi connectivity index (χ0) is 15.0. The molecule has 21 heavy (non-hydrogen) atoms. The fourth-order valence-corrected chi connectivity index (χ4v) is 3.47. The largest absolute Gasteiger partial charge is 0.467 e. The van der Waals surface area contributed by atoms with Gasteiger partial charge in [-0.25, -0.2) is 0 Å². The van der Waals surface area contributed by atoms with Crippen LogP contribution < -0.4 is 5.32 Å². The van der Waals surface area contributed by atoms with Gasteiger partial charge in [-0.2, -0.15) is 5.10 Å². The Bertz CT molecular complexity index is 745. The molecular weight excluding hydrogens is 306 g/mol. The van der Waals surface area contributed by atoms with Crippen molar-refractivity contribution in [2.24, 2.45) is 7.05 Å². The Morgan fingerprint density at radius 1 is 1.33 bits per heavy atom. The summed E-state index contributed by atoms with van der Waals surface area (Å²) in [7, 11) is 1.94. The van der Waals surface area contributed by atoms with Crippen LogP contribution in [0.25, 0.3) is 0 Å². The third kappa shape index (κ3) is 2.71. The summed E-state index contributed by atoms with van der Waals surface area (Å²) in [6, 6.07) is 7.71. The van der Waals surface area contributed by atoms with Crippen LogP contribution in [0.3, 0.4) is 0 Å². The van der Waals surface area contributed by atoms with E-state index < -0.39 is 0 Å². The molecule has 3 aromatic heterocycles. The minimum atomic E-state index is -0.0703. The van der Waals surface area contributed by atoms with E-state index in [2.05, 4.69) is 10.4 Å². The van der Waals surface area contributed by atoms with Crippen LogP contribution in [0.1, 0.15) is 28.1 Å². The summed E-state index contributed by atoms with van der Waals surface area (Å²) in [5.41, 5.74) is 3.09. The molecule has 3 heterocycles. The number of aromatic nitrogens is 2. The molecule has 1 unspecified atom stereocenters. The molecule has 6 heteroatoms. The van der Waals surface area contributed by atoms with E-state index in [0.29, 0.717) is 0 Å². The van der Waals surface area contributed by atoms with Gasteiger partial charge in [-0.05, 0) is 38.1 Å². The Morgan fingerprint density at radius 2 is 2.14 bits per heavy atom. The molecule has 1 atom stereocenters. The third-order valence-corrected chi connectivity index (χ3v) is 4.80. The topological polar surface area (TPSA) is 43.0 Å². The number of anilines is 1. The summed E-state index contributed by atoms with van der Waals surface area (Å²) in [5, 5.41) is 7.99. The summed E-state index contributed by atoms with van der Waals surface area (Å²) in [6.07, 6.45) is 1.68. The lowest BCUT2D eigenvalue weighted by Crippen LogP contribution is -2.11. The highest BCUT2D eigenvalue weighted by Gasteiger charge is 2.22. The van der Waals surface area contributed by atoms with Crippen LogP contribution >= 0.6 is 22.9 Å². The van der Waals surface area contributed by atoms with E-state index >= 15 is 0 Å². The Kier molecular flexibility index (Phi) is 3.78. The lowest BCUT2D eigenvalue weighted by Gasteiger charge is -2.17. The van der Waals surface area contributed by atoms with E-state index in [1.807, 2.05) is 49.8 Å². The third-order valence-electron chi connectivity index (χ3n) is 3.50. The minimum Gasteiger partial charge on any atom is -0.467 e. The van der Waals surface area contributed by atoms with Crippen LogP contribution in [0.15, 0.2) is 34.9 Å². The van der Waals surface area contributed by atoms with Gasteiger partial charge in [0.15, 0.2) is 0 Å². The normalized spacial score (nSPS) is 12.6. The van der Waals surface area contributed by atoms with E-state index in [1.54, 1.807) is 17.6 Å². The van der Waals surface area contributed by atoms with Gasteiger partial charge in [0, 0.05) is 11.9 Å². The van der Waals surface area contributed by atoms with Crippen molar-refractivity contribution in [2.75, 3.05) is 5.32 Å². The first-order chi connectivity index (χ1) is 10.1. The van der Waals surface area contributed by atoms with Crippen LogP contribution in [-0.4, -0.2) is 9.78 Å². The predicted octanol–water partition coefficient (Wildman–Crippen LogP) is 4.55. The Balaban J connectivity index is 2.00. The molecule has 0 amide bonds. The molecule has 0 saturated carbocycles. The molecule has 3 rings (SSSR count). The lowest BCUT2D eigenvalue weighted by molar-refractivity contribution is 0.500. The van der Waals surface area contributed by atoms with Crippen molar-refractivity contribution in [1.29, 1.82) is 0 Å². The predicted molar refractivity (Wildman–Crippen MR) is 86.2 cm³/mol. The van der Waals surface area contributed by atoms with Crippen molar-refractivity contribution in [3.05, 3.63) is 56.9 Å². The maximum absolute atomic E-state index is 6.08. The SMILES string of the molecule is Cc1nn(C)c(C)c1NC(c1ccco1)c1ccc(Cl)s1. The van der Waals surface area contributed by atoms with Crippen molar-refractivity contribution >= 4 is 28.6 Å². The molecule has 0 fully saturated rings. The summed E-state index contributed by atoms with van der Waals surface area (Å²) in [6.45, 7) is 4.04. The van der Waals surface area contributed by atoms with Gasteiger partial charge in [0.1, 0.15) is 11.8 Å². The summed E-state index contributed by atoms with van der Waals surface area (Å²) in [5.74, 6) is 0.858. The summed E-state index contributed by atoms with van der Waals surface area (Å²) < 4.78 is 8.23. The quantitative estimate of drug-likeness (QED) is 0.766. The van der Waals surface area contributed by atoms with Crippen molar-refractivity contribution in [3.8, 4) is 0 Å². The van der Waals surface area contributed by atoms with E-state index in [0.717, 1.165) is 32.0 Å². The fraction of sp³-hybridized carbons (Fsp3) is 0.267. The number of nitrogens with zero attached hydrogens (tertiary/aromatic N) is 2. The van der Waals surface area contributed by atoms with Gasteiger partial charge in [-0.1, -0.05) is 11.6 Å². The maximum atomic E-state index is 6.08. The number of furan rings is 1. The van der Waals surface area contributed by atoms with Crippen LogP contribution in [0.5, 0.6) is 0 Å². The second-order valence-electron chi connectivity index (χ2n) is 4.90. The van der Waals surface area contributed by atoms with Gasteiger partial charge >= 0.3 is 0 Å². The zero-order valence-corrected chi connectivity index (χ0v) is 13.6. The molecular formula is C15H16ClN3OS. The average molecular weight is 322 g/mol. The molecule has 0 radical (unpaired) electrons. The van der Waals surface area contributed by atoms with Crippen LogP contribution in [0, 0.1) is 13.8 Å². The molecule has 0 aromatic carbocycles. The maximum Gasteiger partial charge on any atom is 0.131 e. The molecule has 1 N–H and O–H groups in total. The van der Waals surface area contributed by atoms with Crippen molar-refractivity contribution in [1.82, 2.24) is 9.78 Å². The fourth-order valence-electron chi connectivity index (χ4n) is 2.35. The molecule has 0 bridgehead atoms. The van der Waals surface area contributed by atoms with Gasteiger partial charge in [-0.15, -0.1) is 11.3 Å². The number of hydrogen-bond donors (Lipinski definition) is 1. The number of aryl methyl sites for hydroxylation is 2. The second-order valence-corrected chi connectivity index (χ2v) is 6.65. The Hall–Kier alpha value is -1.72. The molecule has 0 aliphatic heterocycles. The summed E-state index contributed by atoms with van der Waals surface area (Å²) in [4.78, 5) is 1.11. The Morgan fingerprint density at radius 3 is 2.67 bits per heavy atom. The first kappa shape index (κ1) is 14.2. The number of nitrogens with one attached hydrogen (secondary N) is 1. The number of rotatable bonds is 4. The van der Waals surface area contributed by atoms with Crippen LogP contribution in [0.2, 0.25) is 4.34 Å². The van der Waals surface area contributed by atoms with Gasteiger partial charge in [0.05, 0.1) is 27.7 Å². The smallest absolute Gasteiger partial charge is 0.131 e. The van der Waals surface area contributed by atoms with E-state index in [9.17, 15) is 0 Å². The van der Waals surface area contributed by atoms with Gasteiger partial charge in [0.25, 0.3) is 0 Å². The van der Waals surface area contributed by atoms with Crippen LogP contribution in [-0.2, 0) is 7.05 Å². The monoisotopic (exact) mass is 321 g/mol. The Labute approximate surface area is 132 Å².